The van der Waals surface area contributed by atoms with Crippen LogP contribution < -0.4 is 5.73 Å². The van der Waals surface area contributed by atoms with Gasteiger partial charge in [0.15, 0.2) is 0 Å². The molecule has 0 radical (unpaired) electrons. The second-order valence-corrected chi connectivity index (χ2v) is 5.07. The van der Waals surface area contributed by atoms with Crippen molar-refractivity contribution in [2.24, 2.45) is 5.73 Å². The number of hydrogen-bond acceptors (Lipinski definition) is 4. The largest absolute Gasteiger partial charge is 0.372 e. The van der Waals surface area contributed by atoms with Crippen molar-refractivity contribution in [3.05, 3.63) is 29.6 Å². The second-order valence-electron chi connectivity index (χ2n) is 5.07. The van der Waals surface area contributed by atoms with Gasteiger partial charge in [0, 0.05) is 31.4 Å². The maximum Gasteiger partial charge on any atom is 0.254 e. The van der Waals surface area contributed by atoms with E-state index < -0.39 is 0 Å². The van der Waals surface area contributed by atoms with Crippen LogP contribution in [0.3, 0.4) is 0 Å². The summed E-state index contributed by atoms with van der Waals surface area (Å²) in [5.41, 5.74) is 6.62. The first kappa shape index (κ1) is 13.0. The number of ether oxygens (including phenoxy) is 1. The molecule has 98 valence electrons. The quantitative estimate of drug-likeness (QED) is 0.841. The van der Waals surface area contributed by atoms with Crippen molar-refractivity contribution in [2.75, 3.05) is 19.7 Å². The van der Waals surface area contributed by atoms with Crippen LogP contribution in [0.15, 0.2) is 18.3 Å². The van der Waals surface area contributed by atoms with Gasteiger partial charge in [0.25, 0.3) is 5.91 Å². The van der Waals surface area contributed by atoms with Crippen molar-refractivity contribution in [3.63, 3.8) is 0 Å². The third-order valence-electron chi connectivity index (χ3n) is 2.99. The van der Waals surface area contributed by atoms with E-state index in [1.54, 1.807) is 18.3 Å². The van der Waals surface area contributed by atoms with Crippen LogP contribution in [-0.2, 0) is 11.3 Å². The molecule has 1 aromatic rings. The zero-order chi connectivity index (χ0) is 13.2. The van der Waals surface area contributed by atoms with E-state index in [1.165, 1.54) is 0 Å². The highest BCUT2D eigenvalue weighted by Crippen LogP contribution is 2.18. The molecule has 0 atom stereocenters. The fraction of sp³-hybridized carbons (Fsp3) is 0.538. The molecule has 18 heavy (non-hydrogen) atoms. The molecule has 2 heterocycles. The summed E-state index contributed by atoms with van der Waals surface area (Å²) in [6.07, 6.45) is 1.63. The Morgan fingerprint density at radius 1 is 1.61 bits per heavy atom. The molecule has 5 nitrogen and oxygen atoms in total. The Hall–Kier alpha value is -1.46. The Kier molecular flexibility index (Phi) is 3.63. The van der Waals surface area contributed by atoms with E-state index in [1.807, 2.05) is 18.7 Å². The third-order valence-corrected chi connectivity index (χ3v) is 2.99. The van der Waals surface area contributed by atoms with Crippen LogP contribution in [0.2, 0.25) is 0 Å². The minimum absolute atomic E-state index is 0.0171. The van der Waals surface area contributed by atoms with E-state index in [4.69, 9.17) is 10.5 Å². The van der Waals surface area contributed by atoms with Crippen LogP contribution >= 0.6 is 0 Å². The molecule has 0 aliphatic carbocycles. The van der Waals surface area contributed by atoms with Crippen molar-refractivity contribution < 1.29 is 9.53 Å². The van der Waals surface area contributed by atoms with Crippen molar-refractivity contribution in [1.29, 1.82) is 0 Å². The SMILES string of the molecule is CC1(C)CN(C(=O)c2ccnc(CN)c2)CCO1. The molecule has 0 bridgehead atoms. The van der Waals surface area contributed by atoms with Gasteiger partial charge in [0.1, 0.15) is 0 Å². The molecule has 2 rings (SSSR count). The van der Waals surface area contributed by atoms with Crippen molar-refractivity contribution in [1.82, 2.24) is 9.88 Å². The van der Waals surface area contributed by atoms with Crippen molar-refractivity contribution >= 4 is 5.91 Å². The summed E-state index contributed by atoms with van der Waals surface area (Å²) in [6, 6.07) is 3.48. The van der Waals surface area contributed by atoms with Gasteiger partial charge in [-0.2, -0.15) is 0 Å². The van der Waals surface area contributed by atoms with Crippen molar-refractivity contribution in [3.8, 4) is 0 Å². The fourth-order valence-electron chi connectivity index (χ4n) is 2.10. The maximum atomic E-state index is 12.4. The number of carbonyl (C=O) groups excluding carboxylic acids is 1. The molecule has 1 fully saturated rings. The highest BCUT2D eigenvalue weighted by molar-refractivity contribution is 5.94. The molecule has 1 aliphatic heterocycles. The number of amides is 1. The molecule has 0 saturated carbocycles. The van der Waals surface area contributed by atoms with Gasteiger partial charge in [-0.25, -0.2) is 0 Å². The standard InChI is InChI=1S/C13H19N3O2/c1-13(2)9-16(5-6-18-13)12(17)10-3-4-15-11(7-10)8-14/h3-4,7H,5-6,8-9,14H2,1-2H3. The topological polar surface area (TPSA) is 68.5 Å². The molecule has 1 aromatic heterocycles. The Labute approximate surface area is 107 Å². The molecule has 1 saturated heterocycles. The number of pyridine rings is 1. The molecule has 0 unspecified atom stereocenters. The van der Waals surface area contributed by atoms with Crippen LogP contribution in [0.1, 0.15) is 29.9 Å². The number of morpholine rings is 1. The van der Waals surface area contributed by atoms with Gasteiger partial charge in [-0.3, -0.25) is 9.78 Å². The van der Waals surface area contributed by atoms with Gasteiger partial charge in [-0.15, -0.1) is 0 Å². The number of nitrogens with two attached hydrogens (primary N) is 1. The van der Waals surface area contributed by atoms with Gasteiger partial charge in [-0.05, 0) is 26.0 Å². The van der Waals surface area contributed by atoms with Crippen LogP contribution in [0.25, 0.3) is 0 Å². The summed E-state index contributed by atoms with van der Waals surface area (Å²) >= 11 is 0. The van der Waals surface area contributed by atoms with Crippen LogP contribution in [0, 0.1) is 0 Å². The molecule has 0 spiro atoms. The Balaban J connectivity index is 2.15. The van der Waals surface area contributed by atoms with E-state index in [0.29, 0.717) is 31.8 Å². The number of carbonyl (C=O) groups is 1. The average molecular weight is 249 g/mol. The predicted molar refractivity (Wildman–Crippen MR) is 68.1 cm³/mol. The normalized spacial score (nSPS) is 18.7. The molecule has 2 N–H and O–H groups in total. The second kappa shape index (κ2) is 5.04. The summed E-state index contributed by atoms with van der Waals surface area (Å²) in [5, 5.41) is 0. The van der Waals surface area contributed by atoms with Gasteiger partial charge < -0.3 is 15.4 Å². The molecule has 1 aliphatic rings. The molecule has 5 heteroatoms. The lowest BCUT2D eigenvalue weighted by Crippen LogP contribution is -2.50. The highest BCUT2D eigenvalue weighted by Gasteiger charge is 2.30. The fourth-order valence-corrected chi connectivity index (χ4v) is 2.10. The molecule has 0 aromatic carbocycles. The Bertz CT molecular complexity index is 446. The summed E-state index contributed by atoms with van der Waals surface area (Å²) in [7, 11) is 0. The summed E-state index contributed by atoms with van der Waals surface area (Å²) in [4.78, 5) is 18.3. The average Bonchev–Trinajstić information content (AvgIpc) is 2.37. The van der Waals surface area contributed by atoms with E-state index in [0.717, 1.165) is 5.69 Å². The van der Waals surface area contributed by atoms with Crippen LogP contribution in [-0.4, -0.2) is 41.1 Å². The van der Waals surface area contributed by atoms with E-state index in [-0.39, 0.29) is 11.5 Å². The minimum atomic E-state index is -0.280. The first-order valence-electron chi connectivity index (χ1n) is 6.10. The van der Waals surface area contributed by atoms with E-state index in [9.17, 15) is 4.79 Å². The number of aromatic nitrogens is 1. The monoisotopic (exact) mass is 249 g/mol. The zero-order valence-electron chi connectivity index (χ0n) is 10.8. The summed E-state index contributed by atoms with van der Waals surface area (Å²) in [5.74, 6) is 0.0171. The highest BCUT2D eigenvalue weighted by atomic mass is 16.5. The smallest absolute Gasteiger partial charge is 0.254 e. The van der Waals surface area contributed by atoms with Crippen molar-refractivity contribution in [2.45, 2.75) is 26.0 Å². The molecule has 1 amide bonds. The number of rotatable bonds is 2. The lowest BCUT2D eigenvalue weighted by atomic mass is 10.1. The lowest BCUT2D eigenvalue weighted by molar-refractivity contribution is -0.0764. The maximum absolute atomic E-state index is 12.4. The Morgan fingerprint density at radius 3 is 3.06 bits per heavy atom. The number of hydrogen-bond donors (Lipinski definition) is 1. The summed E-state index contributed by atoms with van der Waals surface area (Å²) in [6.45, 7) is 6.13. The third kappa shape index (κ3) is 2.86. The minimum Gasteiger partial charge on any atom is -0.372 e. The molecular formula is C13H19N3O2. The van der Waals surface area contributed by atoms with Gasteiger partial charge in [0.2, 0.25) is 0 Å². The van der Waals surface area contributed by atoms with E-state index >= 15 is 0 Å². The number of nitrogens with zero attached hydrogens (tertiary/aromatic N) is 2. The van der Waals surface area contributed by atoms with Crippen LogP contribution in [0.4, 0.5) is 0 Å². The van der Waals surface area contributed by atoms with Gasteiger partial charge in [0.05, 0.1) is 17.9 Å². The lowest BCUT2D eigenvalue weighted by Gasteiger charge is -2.38. The Morgan fingerprint density at radius 2 is 2.39 bits per heavy atom. The molecular weight excluding hydrogens is 230 g/mol. The summed E-state index contributed by atoms with van der Waals surface area (Å²) < 4.78 is 5.60. The van der Waals surface area contributed by atoms with Gasteiger partial charge >= 0.3 is 0 Å². The van der Waals surface area contributed by atoms with E-state index in [2.05, 4.69) is 4.98 Å². The first-order valence-corrected chi connectivity index (χ1v) is 6.10. The predicted octanol–water partition coefficient (Wildman–Crippen LogP) is 0.791. The van der Waals surface area contributed by atoms with Crippen LogP contribution in [0.5, 0.6) is 0 Å². The van der Waals surface area contributed by atoms with Gasteiger partial charge in [-0.1, -0.05) is 0 Å². The first-order chi connectivity index (χ1) is 8.52. The zero-order valence-corrected chi connectivity index (χ0v) is 10.8.